The predicted molar refractivity (Wildman–Crippen MR) is 92.0 cm³/mol. The lowest BCUT2D eigenvalue weighted by atomic mass is 9.85. The van der Waals surface area contributed by atoms with Crippen LogP contribution in [0.3, 0.4) is 0 Å². The van der Waals surface area contributed by atoms with Crippen LogP contribution in [-0.4, -0.2) is 34.8 Å². The molecule has 23 heavy (non-hydrogen) atoms. The molecule has 0 fully saturated rings. The van der Waals surface area contributed by atoms with E-state index in [2.05, 4.69) is 5.23 Å². The van der Waals surface area contributed by atoms with Crippen molar-refractivity contribution >= 4 is 13.0 Å². The first-order chi connectivity index (χ1) is 10.6. The lowest BCUT2D eigenvalue weighted by Crippen LogP contribution is -2.43. The van der Waals surface area contributed by atoms with Gasteiger partial charge in [-0.25, -0.2) is 0 Å². The molecule has 0 saturated heterocycles. The van der Waals surface area contributed by atoms with Gasteiger partial charge in [-0.1, -0.05) is 18.2 Å². The summed E-state index contributed by atoms with van der Waals surface area (Å²) >= 11 is 0. The van der Waals surface area contributed by atoms with Crippen molar-refractivity contribution in [3.63, 3.8) is 0 Å². The zero-order chi connectivity index (χ0) is 17.6. The van der Waals surface area contributed by atoms with Crippen LogP contribution in [0.4, 0.5) is 0 Å². The average Bonchev–Trinajstić information content (AvgIpc) is 2.38. The zero-order valence-electron chi connectivity index (χ0n) is 14.7. The number of carbonyl (C=O) groups is 1. The Morgan fingerprint density at radius 2 is 2.04 bits per heavy atom. The molecule has 0 spiro atoms. The quantitative estimate of drug-likeness (QED) is 0.527. The Morgan fingerprint density at radius 3 is 2.57 bits per heavy atom. The first-order valence-corrected chi connectivity index (χ1v) is 7.96. The minimum Gasteiger partial charge on any atom is -0.460 e. The molecule has 6 heteroatoms. The zero-order valence-corrected chi connectivity index (χ0v) is 14.7. The molecule has 1 atom stereocenters. The maximum atomic E-state index is 12.1. The molecule has 1 rings (SSSR count). The molecule has 0 aliphatic heterocycles. The molecule has 0 aliphatic rings. The summed E-state index contributed by atoms with van der Waals surface area (Å²) in [6, 6.07) is 5.52. The van der Waals surface area contributed by atoms with Crippen LogP contribution in [0.15, 0.2) is 18.2 Å². The lowest BCUT2D eigenvalue weighted by Gasteiger charge is -2.24. The number of benzene rings is 1. The van der Waals surface area contributed by atoms with Crippen molar-refractivity contribution in [1.29, 1.82) is 0 Å². The molecule has 0 radical (unpaired) electrons. The number of aliphatic hydroxyl groups excluding tert-OH is 1. The molecule has 0 aliphatic carbocycles. The van der Waals surface area contributed by atoms with E-state index < -0.39 is 12.7 Å². The highest BCUT2D eigenvalue weighted by Crippen LogP contribution is 2.16. The van der Waals surface area contributed by atoms with Crippen molar-refractivity contribution in [2.24, 2.45) is 0 Å². The van der Waals surface area contributed by atoms with Crippen molar-refractivity contribution in [1.82, 2.24) is 5.23 Å². The number of hydrogen-bond acceptors (Lipinski definition) is 5. The summed E-state index contributed by atoms with van der Waals surface area (Å²) in [4.78, 5) is 12.1. The van der Waals surface area contributed by atoms with Gasteiger partial charge in [-0.05, 0) is 57.6 Å². The van der Waals surface area contributed by atoms with Gasteiger partial charge in [0.2, 0.25) is 0 Å². The minimum atomic E-state index is -0.719. The molecule has 1 aromatic carbocycles. The van der Waals surface area contributed by atoms with E-state index in [-0.39, 0.29) is 25.0 Å². The average molecular weight is 321 g/mol. The molecule has 128 valence electrons. The summed E-state index contributed by atoms with van der Waals surface area (Å²) in [6.45, 7) is 9.08. The van der Waals surface area contributed by atoms with E-state index >= 15 is 0 Å². The van der Waals surface area contributed by atoms with Crippen LogP contribution in [-0.2, 0) is 22.6 Å². The van der Waals surface area contributed by atoms with E-state index in [1.165, 1.54) is 0 Å². The second kappa shape index (κ2) is 8.48. The number of rotatable bonds is 7. The van der Waals surface area contributed by atoms with Crippen LogP contribution in [0.5, 0.6) is 0 Å². The largest absolute Gasteiger partial charge is 0.460 e. The lowest BCUT2D eigenvalue weighted by molar-refractivity contribution is -0.155. The summed E-state index contributed by atoms with van der Waals surface area (Å²) in [6.07, 6.45) is 0.745. The minimum absolute atomic E-state index is 0.0200. The molecule has 0 bridgehead atoms. The maximum absolute atomic E-state index is 12.1. The highest BCUT2D eigenvalue weighted by atomic mass is 16.6. The fraction of sp³-hybridized carbons (Fsp3) is 0.588. The summed E-state index contributed by atoms with van der Waals surface area (Å²) in [5.74, 6) is -0.299. The van der Waals surface area contributed by atoms with E-state index in [4.69, 9.17) is 4.74 Å². The van der Waals surface area contributed by atoms with Gasteiger partial charge in [0.25, 0.3) is 0 Å². The number of esters is 1. The van der Waals surface area contributed by atoms with E-state index in [0.717, 1.165) is 16.7 Å². The topological polar surface area (TPSA) is 78.8 Å². The van der Waals surface area contributed by atoms with Crippen molar-refractivity contribution in [2.75, 3.05) is 0 Å². The van der Waals surface area contributed by atoms with Gasteiger partial charge in [-0.3, -0.25) is 4.79 Å². The van der Waals surface area contributed by atoms with Gasteiger partial charge in [0.05, 0.1) is 13.0 Å². The molecule has 0 saturated carbocycles. The van der Waals surface area contributed by atoms with Crippen LogP contribution < -0.4 is 5.23 Å². The fourth-order valence-electron chi connectivity index (χ4n) is 2.42. The Kier molecular flexibility index (Phi) is 7.25. The Hall–Kier alpha value is -1.37. The van der Waals surface area contributed by atoms with Crippen LogP contribution in [0.25, 0.3) is 0 Å². The van der Waals surface area contributed by atoms with Gasteiger partial charge >= 0.3 is 13.0 Å². The molecular weight excluding hydrogens is 293 g/mol. The first-order valence-electron chi connectivity index (χ1n) is 7.96. The third-order valence-corrected chi connectivity index (χ3v) is 3.37. The van der Waals surface area contributed by atoms with E-state index in [9.17, 15) is 14.9 Å². The summed E-state index contributed by atoms with van der Waals surface area (Å²) in [5.41, 5.74) is 2.43. The Labute approximate surface area is 139 Å². The third-order valence-electron chi connectivity index (χ3n) is 3.37. The molecular formula is C17H28BNO4. The van der Waals surface area contributed by atoms with E-state index in [0.29, 0.717) is 6.42 Å². The van der Waals surface area contributed by atoms with Crippen LogP contribution in [0.2, 0.25) is 6.82 Å². The van der Waals surface area contributed by atoms with E-state index in [1.54, 1.807) is 6.82 Å². The highest BCUT2D eigenvalue weighted by molar-refractivity contribution is 6.45. The number of ether oxygens (including phenoxy) is 1. The summed E-state index contributed by atoms with van der Waals surface area (Å²) < 4.78 is 5.36. The molecule has 5 nitrogen and oxygen atoms in total. The number of aryl methyl sites for hydroxylation is 1. The molecule has 0 amide bonds. The normalized spacial score (nSPS) is 12.8. The van der Waals surface area contributed by atoms with Crippen molar-refractivity contribution in [3.8, 4) is 0 Å². The monoisotopic (exact) mass is 321 g/mol. The van der Waals surface area contributed by atoms with Crippen molar-refractivity contribution < 1.29 is 19.7 Å². The highest BCUT2D eigenvalue weighted by Gasteiger charge is 2.22. The number of carbonyl (C=O) groups excluding carboxylic acids is 1. The maximum Gasteiger partial charge on any atom is 0.373 e. The molecule has 1 aromatic rings. The standard InChI is InChI=1S/C17H28BNO4/c1-12-6-7-13(11-20)8-14(12)9-15(19-18(5)22)10-16(21)23-17(2,3)4/h6-8,15,19-20,22H,9-11H2,1-5H3/t15-/m0/s1. The Balaban J connectivity index is 2.84. The van der Waals surface area contributed by atoms with Gasteiger partial charge < -0.3 is 20.1 Å². The van der Waals surface area contributed by atoms with Gasteiger partial charge in [0.1, 0.15) is 5.60 Å². The first kappa shape index (κ1) is 19.7. The van der Waals surface area contributed by atoms with Crippen LogP contribution in [0.1, 0.15) is 43.9 Å². The second-order valence-electron chi connectivity index (χ2n) is 6.95. The smallest absolute Gasteiger partial charge is 0.373 e. The SMILES string of the molecule is CB(O)N[C@H](CC(=O)OC(C)(C)C)Cc1cc(CO)ccc1C. The summed E-state index contributed by atoms with van der Waals surface area (Å²) in [7, 11) is -0.719. The van der Waals surface area contributed by atoms with Crippen LogP contribution >= 0.6 is 0 Å². The number of aliphatic hydroxyl groups is 1. The number of hydrogen-bond donors (Lipinski definition) is 3. The molecule has 0 aromatic heterocycles. The molecule has 3 N–H and O–H groups in total. The molecule has 0 heterocycles. The van der Waals surface area contributed by atoms with Crippen LogP contribution in [0, 0.1) is 6.92 Å². The third kappa shape index (κ3) is 7.64. The second-order valence-corrected chi connectivity index (χ2v) is 6.95. The van der Waals surface area contributed by atoms with Crippen molar-refractivity contribution in [2.45, 2.75) is 65.6 Å². The Bertz CT molecular complexity index is 526. The van der Waals surface area contributed by atoms with Gasteiger partial charge in [-0.2, -0.15) is 0 Å². The van der Waals surface area contributed by atoms with Crippen molar-refractivity contribution in [3.05, 3.63) is 34.9 Å². The predicted octanol–water partition coefficient (Wildman–Crippen LogP) is 1.83. The van der Waals surface area contributed by atoms with Gasteiger partial charge in [0.15, 0.2) is 0 Å². The summed E-state index contributed by atoms with van der Waals surface area (Å²) in [5, 5.41) is 21.9. The fourth-order valence-corrected chi connectivity index (χ4v) is 2.42. The Morgan fingerprint density at radius 1 is 1.39 bits per heavy atom. The van der Waals surface area contributed by atoms with Gasteiger partial charge in [-0.15, -0.1) is 0 Å². The molecule has 0 unspecified atom stereocenters. The van der Waals surface area contributed by atoms with Gasteiger partial charge in [0, 0.05) is 6.04 Å². The number of nitrogens with one attached hydrogen (secondary N) is 1. The van der Waals surface area contributed by atoms with E-state index in [1.807, 2.05) is 45.9 Å².